The number of halogens is 3. The lowest BCUT2D eigenvalue weighted by Crippen LogP contribution is -2.18. The van der Waals surface area contributed by atoms with Crippen LogP contribution in [0, 0.1) is 10.1 Å². The number of thiophene rings is 1. The van der Waals surface area contributed by atoms with Crippen molar-refractivity contribution in [1.82, 2.24) is 14.8 Å². The number of amides is 2. The molecule has 2 amide bonds. The molecule has 180 valence electrons. The lowest BCUT2D eigenvalue weighted by Gasteiger charge is -2.12. The summed E-state index contributed by atoms with van der Waals surface area (Å²) in [4.78, 5) is 38.3. The van der Waals surface area contributed by atoms with Gasteiger partial charge in [0.15, 0.2) is 0 Å². The average Bonchev–Trinajstić information content (AvgIpc) is 3.42. The Labute approximate surface area is 198 Å². The average molecular weight is 504 g/mol. The molecular weight excluding hydrogens is 489 g/mol. The number of primary amides is 1. The minimum absolute atomic E-state index is 0.0182. The van der Waals surface area contributed by atoms with Gasteiger partial charge < -0.3 is 11.1 Å². The van der Waals surface area contributed by atoms with Gasteiger partial charge in [-0.3, -0.25) is 24.4 Å². The first-order valence-corrected chi connectivity index (χ1v) is 10.7. The largest absolute Gasteiger partial charge is 0.433 e. The molecule has 0 aliphatic rings. The highest BCUT2D eigenvalue weighted by Crippen LogP contribution is 2.43. The predicted octanol–water partition coefficient (Wildman–Crippen LogP) is 4.21. The van der Waals surface area contributed by atoms with Gasteiger partial charge in [0.2, 0.25) is 5.91 Å². The van der Waals surface area contributed by atoms with Gasteiger partial charge in [0.25, 0.3) is 5.91 Å². The molecule has 0 atom stereocenters. The molecule has 3 aromatic heterocycles. The Bertz CT molecular complexity index is 1450. The summed E-state index contributed by atoms with van der Waals surface area (Å²) in [6.45, 7) is -0.0182. The van der Waals surface area contributed by atoms with Crippen molar-refractivity contribution in [2.45, 2.75) is 19.1 Å². The van der Waals surface area contributed by atoms with Gasteiger partial charge >= 0.3 is 11.9 Å². The van der Waals surface area contributed by atoms with E-state index in [1.54, 1.807) is 30.3 Å². The number of nitrogens with one attached hydrogen (secondary N) is 1. The Morgan fingerprint density at radius 2 is 1.94 bits per heavy atom. The molecule has 4 rings (SSSR count). The second-order valence-corrected chi connectivity index (χ2v) is 8.29. The van der Waals surface area contributed by atoms with E-state index in [4.69, 9.17) is 5.73 Å². The van der Waals surface area contributed by atoms with Crippen LogP contribution in [0.25, 0.3) is 21.3 Å². The second-order valence-electron chi connectivity index (χ2n) is 7.29. The van der Waals surface area contributed by atoms with Crippen molar-refractivity contribution < 1.29 is 27.7 Å². The maximum absolute atomic E-state index is 13.5. The van der Waals surface area contributed by atoms with Gasteiger partial charge in [-0.05, 0) is 17.2 Å². The third-order valence-electron chi connectivity index (χ3n) is 4.92. The number of hydrogen-bond donors (Lipinski definition) is 2. The number of nitrogens with two attached hydrogens (primary N) is 1. The summed E-state index contributed by atoms with van der Waals surface area (Å²) in [6.07, 6.45) is -2.75. The van der Waals surface area contributed by atoms with E-state index in [0.717, 1.165) is 18.5 Å². The van der Waals surface area contributed by atoms with Crippen LogP contribution in [0.4, 0.5) is 24.5 Å². The zero-order valence-corrected chi connectivity index (χ0v) is 18.4. The maximum atomic E-state index is 13.5. The van der Waals surface area contributed by atoms with Gasteiger partial charge in [-0.25, -0.2) is 4.98 Å². The first kappa shape index (κ1) is 23.8. The van der Waals surface area contributed by atoms with Crippen LogP contribution in [-0.4, -0.2) is 31.5 Å². The number of fused-ring (bicyclic) bond motifs is 1. The zero-order chi connectivity index (χ0) is 25.3. The second kappa shape index (κ2) is 9.13. The van der Waals surface area contributed by atoms with Crippen LogP contribution in [0.3, 0.4) is 0 Å². The number of alkyl halides is 3. The number of benzene rings is 1. The molecule has 14 heteroatoms. The molecule has 4 aromatic rings. The highest BCUT2D eigenvalue weighted by atomic mass is 32.1. The van der Waals surface area contributed by atoms with Crippen molar-refractivity contribution >= 4 is 44.7 Å². The zero-order valence-electron chi connectivity index (χ0n) is 17.6. The van der Waals surface area contributed by atoms with Crippen LogP contribution < -0.4 is 11.1 Å². The molecule has 0 fully saturated rings. The summed E-state index contributed by atoms with van der Waals surface area (Å²) < 4.78 is 41.8. The van der Waals surface area contributed by atoms with Gasteiger partial charge in [0.05, 0.1) is 10.6 Å². The van der Waals surface area contributed by atoms with E-state index in [1.165, 1.54) is 4.68 Å². The van der Waals surface area contributed by atoms with Crippen molar-refractivity contribution in [2.24, 2.45) is 5.73 Å². The first-order valence-electron chi connectivity index (χ1n) is 9.91. The smallest absolute Gasteiger partial charge is 0.365 e. The van der Waals surface area contributed by atoms with Crippen LogP contribution >= 0.6 is 11.3 Å². The highest BCUT2D eigenvalue weighted by Gasteiger charge is 2.35. The Kier molecular flexibility index (Phi) is 6.22. The molecule has 3 N–H and O–H groups in total. The Hall–Kier alpha value is -4.33. The topological polar surface area (TPSA) is 146 Å². The van der Waals surface area contributed by atoms with Crippen LogP contribution in [0.2, 0.25) is 0 Å². The number of hydrogen-bond acceptors (Lipinski definition) is 7. The molecule has 0 bridgehead atoms. The Morgan fingerprint density at radius 1 is 1.23 bits per heavy atom. The van der Waals surface area contributed by atoms with E-state index < -0.39 is 28.6 Å². The van der Waals surface area contributed by atoms with E-state index in [-0.39, 0.29) is 45.0 Å². The molecule has 10 nitrogen and oxygen atoms in total. The molecule has 1 aromatic carbocycles. The Balaban J connectivity index is 1.75. The number of aromatic nitrogens is 3. The summed E-state index contributed by atoms with van der Waals surface area (Å²) in [5, 5.41) is 17.3. The third kappa shape index (κ3) is 4.96. The number of pyridine rings is 1. The summed E-state index contributed by atoms with van der Waals surface area (Å²) >= 11 is 0.641. The fourth-order valence-electron chi connectivity index (χ4n) is 3.37. The molecule has 0 aliphatic carbocycles. The predicted molar refractivity (Wildman–Crippen MR) is 121 cm³/mol. The molecule has 0 unspecified atom stereocenters. The van der Waals surface area contributed by atoms with Crippen molar-refractivity contribution in [3.05, 3.63) is 69.5 Å². The minimum Gasteiger partial charge on any atom is -0.365 e. The number of nitrogens with zero attached hydrogens (tertiary/aromatic N) is 4. The summed E-state index contributed by atoms with van der Waals surface area (Å²) in [5.41, 5.74) is 4.54. The lowest BCUT2D eigenvalue weighted by atomic mass is 10.0. The SMILES string of the molecule is NC(=O)c1sc2nc(C(F)(F)F)cc(-c3ccccc3)c2c1NC(=O)CCn1cc([N+](=O)[O-])cn1. The standard InChI is InChI=1S/C21H15F3N6O4S/c22-21(23,24)14-8-13(11-4-2-1-3-5-11)16-17(18(19(25)32)35-20(16)27-14)28-15(31)6-7-29-10-12(9-26-29)30(33)34/h1-5,8-10H,6-7H2,(H2,25,32)(H,28,31). The van der Waals surface area contributed by atoms with Gasteiger partial charge in [-0.1, -0.05) is 30.3 Å². The number of anilines is 1. The monoisotopic (exact) mass is 504 g/mol. The number of aryl methyl sites for hydroxylation is 1. The number of carbonyl (C=O) groups is 2. The van der Waals surface area contributed by atoms with Crippen molar-refractivity contribution in [2.75, 3.05) is 5.32 Å². The fraction of sp³-hybridized carbons (Fsp3) is 0.143. The molecule has 0 radical (unpaired) electrons. The minimum atomic E-state index is -4.75. The van der Waals surface area contributed by atoms with Crippen molar-refractivity contribution in [3.63, 3.8) is 0 Å². The molecule has 0 saturated carbocycles. The fourth-order valence-corrected chi connectivity index (χ4v) is 4.38. The van der Waals surface area contributed by atoms with Crippen LogP contribution in [0.15, 0.2) is 48.8 Å². The number of carbonyl (C=O) groups excluding carboxylic acids is 2. The maximum Gasteiger partial charge on any atom is 0.433 e. The number of rotatable bonds is 7. The van der Waals surface area contributed by atoms with Gasteiger partial charge in [-0.2, -0.15) is 18.3 Å². The van der Waals surface area contributed by atoms with Gasteiger partial charge in [0, 0.05) is 18.4 Å². The summed E-state index contributed by atoms with van der Waals surface area (Å²) in [6, 6.07) is 9.00. The molecule has 35 heavy (non-hydrogen) atoms. The van der Waals surface area contributed by atoms with E-state index in [0.29, 0.717) is 16.9 Å². The van der Waals surface area contributed by atoms with Gasteiger partial charge in [0.1, 0.15) is 27.8 Å². The number of nitro groups is 1. The highest BCUT2D eigenvalue weighted by molar-refractivity contribution is 7.21. The van der Waals surface area contributed by atoms with E-state index in [1.807, 2.05) is 0 Å². The Morgan fingerprint density at radius 3 is 2.54 bits per heavy atom. The van der Waals surface area contributed by atoms with Crippen LogP contribution in [-0.2, 0) is 17.5 Å². The lowest BCUT2D eigenvalue weighted by molar-refractivity contribution is -0.385. The van der Waals surface area contributed by atoms with Crippen molar-refractivity contribution in [3.8, 4) is 11.1 Å². The molecule has 3 heterocycles. The summed E-state index contributed by atoms with van der Waals surface area (Å²) in [5.74, 6) is -1.55. The summed E-state index contributed by atoms with van der Waals surface area (Å²) in [7, 11) is 0. The van der Waals surface area contributed by atoms with Crippen LogP contribution in [0.5, 0.6) is 0 Å². The molecule has 0 spiro atoms. The van der Waals surface area contributed by atoms with E-state index >= 15 is 0 Å². The van der Waals surface area contributed by atoms with E-state index in [9.17, 15) is 32.9 Å². The molecule has 0 saturated heterocycles. The third-order valence-corrected chi connectivity index (χ3v) is 6.02. The first-order chi connectivity index (χ1) is 16.5. The van der Waals surface area contributed by atoms with E-state index in [2.05, 4.69) is 15.4 Å². The molecular formula is C21H15F3N6O4S. The van der Waals surface area contributed by atoms with Crippen molar-refractivity contribution in [1.29, 1.82) is 0 Å². The van der Waals surface area contributed by atoms with Gasteiger partial charge in [-0.15, -0.1) is 11.3 Å². The normalized spacial score (nSPS) is 11.5. The van der Waals surface area contributed by atoms with Crippen LogP contribution in [0.1, 0.15) is 21.8 Å². The quantitative estimate of drug-likeness (QED) is 0.285. The molecule has 0 aliphatic heterocycles.